The van der Waals surface area contributed by atoms with Gasteiger partial charge in [-0.3, -0.25) is 0 Å². The summed E-state index contributed by atoms with van der Waals surface area (Å²) in [6.45, 7) is 1.88. The molecular formula is C18H20N4. The molecule has 1 aliphatic rings. The highest BCUT2D eigenvalue weighted by Gasteiger charge is 2.24. The SMILES string of the molecule is CN1CCN(C)C(=Nc2ccccc2)C1=Nc1ccccc1. The smallest absolute Gasteiger partial charge is 0.172 e. The molecule has 2 aromatic carbocycles. The lowest BCUT2D eigenvalue weighted by Crippen LogP contribution is -2.51. The van der Waals surface area contributed by atoms with E-state index in [9.17, 15) is 0 Å². The number of para-hydroxylation sites is 2. The van der Waals surface area contributed by atoms with Crippen molar-refractivity contribution in [3.63, 3.8) is 0 Å². The van der Waals surface area contributed by atoms with Crippen LogP contribution < -0.4 is 0 Å². The Morgan fingerprint density at radius 2 is 1.00 bits per heavy atom. The third kappa shape index (κ3) is 3.17. The summed E-state index contributed by atoms with van der Waals surface area (Å²) in [7, 11) is 4.13. The lowest BCUT2D eigenvalue weighted by Gasteiger charge is -2.34. The molecule has 0 aromatic heterocycles. The second-order valence-electron chi connectivity index (χ2n) is 5.39. The van der Waals surface area contributed by atoms with E-state index in [4.69, 9.17) is 9.98 Å². The van der Waals surface area contributed by atoms with E-state index < -0.39 is 0 Å². The van der Waals surface area contributed by atoms with Gasteiger partial charge in [-0.1, -0.05) is 36.4 Å². The Hall–Kier alpha value is -2.62. The van der Waals surface area contributed by atoms with Crippen molar-refractivity contribution in [1.29, 1.82) is 0 Å². The van der Waals surface area contributed by atoms with Crippen molar-refractivity contribution in [2.75, 3.05) is 27.2 Å². The summed E-state index contributed by atoms with van der Waals surface area (Å²) in [6.07, 6.45) is 0. The Morgan fingerprint density at radius 1 is 0.636 bits per heavy atom. The van der Waals surface area contributed by atoms with E-state index in [1.165, 1.54) is 0 Å². The van der Waals surface area contributed by atoms with Gasteiger partial charge >= 0.3 is 0 Å². The van der Waals surface area contributed by atoms with Gasteiger partial charge < -0.3 is 9.80 Å². The Balaban J connectivity index is 2.03. The molecule has 1 heterocycles. The van der Waals surface area contributed by atoms with E-state index in [1.807, 2.05) is 60.7 Å². The monoisotopic (exact) mass is 292 g/mol. The number of likely N-dealkylation sites (N-methyl/N-ethyl adjacent to an activating group) is 2. The molecule has 112 valence electrons. The maximum Gasteiger partial charge on any atom is 0.172 e. The molecule has 1 aliphatic heterocycles. The molecule has 2 aromatic rings. The number of hydrogen-bond donors (Lipinski definition) is 0. The van der Waals surface area contributed by atoms with Gasteiger partial charge in [-0.15, -0.1) is 0 Å². The van der Waals surface area contributed by atoms with Crippen molar-refractivity contribution < 1.29 is 0 Å². The average Bonchev–Trinajstić information content (AvgIpc) is 2.56. The van der Waals surface area contributed by atoms with E-state index >= 15 is 0 Å². The summed E-state index contributed by atoms with van der Waals surface area (Å²) in [5.74, 6) is 1.81. The topological polar surface area (TPSA) is 31.2 Å². The van der Waals surface area contributed by atoms with Crippen LogP contribution in [0.4, 0.5) is 11.4 Å². The van der Waals surface area contributed by atoms with Gasteiger partial charge in [-0.05, 0) is 24.3 Å². The Bertz CT molecular complexity index is 615. The predicted octanol–water partition coefficient (Wildman–Crippen LogP) is 3.32. The molecule has 0 amide bonds. The van der Waals surface area contributed by atoms with Gasteiger partial charge in [0.05, 0.1) is 11.4 Å². The van der Waals surface area contributed by atoms with Crippen LogP contribution in [0.1, 0.15) is 0 Å². The first kappa shape index (κ1) is 14.3. The summed E-state index contributed by atoms with van der Waals surface area (Å²) in [5, 5.41) is 0. The van der Waals surface area contributed by atoms with Gasteiger partial charge in [0.15, 0.2) is 11.7 Å². The predicted molar refractivity (Wildman–Crippen MR) is 92.3 cm³/mol. The molecule has 0 saturated carbocycles. The summed E-state index contributed by atoms with van der Waals surface area (Å²) in [6, 6.07) is 20.0. The second kappa shape index (κ2) is 6.43. The molecule has 3 rings (SSSR count). The van der Waals surface area contributed by atoms with Crippen molar-refractivity contribution in [2.45, 2.75) is 0 Å². The molecule has 0 N–H and O–H groups in total. The number of amidine groups is 2. The highest BCUT2D eigenvalue weighted by molar-refractivity contribution is 6.41. The number of piperazine rings is 1. The highest BCUT2D eigenvalue weighted by atomic mass is 15.3. The van der Waals surface area contributed by atoms with E-state index in [1.54, 1.807) is 0 Å². The molecular weight excluding hydrogens is 272 g/mol. The third-order valence-electron chi connectivity index (χ3n) is 3.68. The van der Waals surface area contributed by atoms with Crippen molar-refractivity contribution >= 4 is 23.0 Å². The number of hydrogen-bond acceptors (Lipinski definition) is 2. The second-order valence-corrected chi connectivity index (χ2v) is 5.39. The normalized spacial score (nSPS) is 19.0. The minimum absolute atomic E-state index is 0.906. The average molecular weight is 292 g/mol. The summed E-state index contributed by atoms with van der Waals surface area (Å²) in [5.41, 5.74) is 1.89. The van der Waals surface area contributed by atoms with Gasteiger partial charge in [0.25, 0.3) is 0 Å². The summed E-state index contributed by atoms with van der Waals surface area (Å²) in [4.78, 5) is 13.9. The van der Waals surface area contributed by atoms with Crippen LogP contribution in [-0.2, 0) is 0 Å². The zero-order chi connectivity index (χ0) is 15.4. The zero-order valence-corrected chi connectivity index (χ0v) is 13.0. The Kier molecular flexibility index (Phi) is 4.19. The van der Waals surface area contributed by atoms with Crippen LogP contribution >= 0.6 is 0 Å². The number of benzene rings is 2. The summed E-state index contributed by atoms with van der Waals surface area (Å²) >= 11 is 0. The van der Waals surface area contributed by atoms with Crippen molar-refractivity contribution in [3.8, 4) is 0 Å². The van der Waals surface area contributed by atoms with Crippen molar-refractivity contribution in [1.82, 2.24) is 9.80 Å². The van der Waals surface area contributed by atoms with Crippen LogP contribution in [0.2, 0.25) is 0 Å². The quantitative estimate of drug-likeness (QED) is 0.850. The molecule has 0 aliphatic carbocycles. The molecule has 0 radical (unpaired) electrons. The zero-order valence-electron chi connectivity index (χ0n) is 13.0. The van der Waals surface area contributed by atoms with Crippen LogP contribution in [-0.4, -0.2) is 48.7 Å². The number of nitrogens with zero attached hydrogens (tertiary/aromatic N) is 4. The Labute approximate surface area is 131 Å². The van der Waals surface area contributed by atoms with E-state index in [0.29, 0.717) is 0 Å². The van der Waals surface area contributed by atoms with Gasteiger partial charge in [-0.2, -0.15) is 0 Å². The first-order chi connectivity index (χ1) is 10.7. The van der Waals surface area contributed by atoms with Crippen molar-refractivity contribution in [2.24, 2.45) is 9.98 Å². The fraction of sp³-hybridized carbons (Fsp3) is 0.222. The maximum absolute atomic E-state index is 4.80. The lowest BCUT2D eigenvalue weighted by atomic mass is 10.2. The number of rotatable bonds is 2. The van der Waals surface area contributed by atoms with E-state index in [-0.39, 0.29) is 0 Å². The van der Waals surface area contributed by atoms with Gasteiger partial charge in [-0.25, -0.2) is 9.98 Å². The summed E-state index contributed by atoms with van der Waals surface area (Å²) < 4.78 is 0. The maximum atomic E-state index is 4.80. The molecule has 0 spiro atoms. The van der Waals surface area contributed by atoms with Crippen LogP contribution in [0.25, 0.3) is 0 Å². The van der Waals surface area contributed by atoms with Crippen LogP contribution in [0.15, 0.2) is 70.6 Å². The fourth-order valence-corrected chi connectivity index (χ4v) is 2.37. The van der Waals surface area contributed by atoms with Gasteiger partial charge in [0.2, 0.25) is 0 Å². The first-order valence-corrected chi connectivity index (χ1v) is 7.44. The highest BCUT2D eigenvalue weighted by Crippen LogP contribution is 2.17. The molecule has 0 atom stereocenters. The van der Waals surface area contributed by atoms with Crippen LogP contribution in [0.3, 0.4) is 0 Å². The molecule has 4 nitrogen and oxygen atoms in total. The molecule has 4 heteroatoms. The molecule has 0 unspecified atom stereocenters. The molecule has 1 saturated heterocycles. The fourth-order valence-electron chi connectivity index (χ4n) is 2.37. The minimum atomic E-state index is 0.906. The van der Waals surface area contributed by atoms with Crippen LogP contribution in [0, 0.1) is 0 Å². The lowest BCUT2D eigenvalue weighted by molar-refractivity contribution is 0.386. The first-order valence-electron chi connectivity index (χ1n) is 7.44. The molecule has 22 heavy (non-hydrogen) atoms. The van der Waals surface area contributed by atoms with Gasteiger partial charge in [0, 0.05) is 27.2 Å². The van der Waals surface area contributed by atoms with E-state index in [2.05, 4.69) is 23.9 Å². The third-order valence-corrected chi connectivity index (χ3v) is 3.68. The molecule has 0 bridgehead atoms. The van der Waals surface area contributed by atoms with Crippen molar-refractivity contribution in [3.05, 3.63) is 60.7 Å². The minimum Gasteiger partial charge on any atom is -0.355 e. The standard InChI is InChI=1S/C18H20N4/c1-21-13-14-22(2)18(20-16-11-7-4-8-12-16)17(21)19-15-9-5-3-6-10-15/h3-12H,13-14H2,1-2H3. The number of aliphatic imine (C=N–C) groups is 2. The largest absolute Gasteiger partial charge is 0.355 e. The molecule has 1 fully saturated rings. The Morgan fingerprint density at radius 3 is 1.36 bits per heavy atom. The van der Waals surface area contributed by atoms with Crippen LogP contribution in [0.5, 0.6) is 0 Å². The van der Waals surface area contributed by atoms with E-state index in [0.717, 1.165) is 36.1 Å². The van der Waals surface area contributed by atoms with Gasteiger partial charge in [0.1, 0.15) is 0 Å².